The Kier molecular flexibility index (Phi) is 65.9. The van der Waals surface area contributed by atoms with Gasteiger partial charge in [0.2, 0.25) is 0 Å². The highest BCUT2D eigenvalue weighted by Crippen LogP contribution is 2.45. The van der Waals surface area contributed by atoms with E-state index in [0.717, 1.165) is 95.8 Å². The predicted octanol–water partition coefficient (Wildman–Crippen LogP) is 21.7. The Morgan fingerprint density at radius 3 is 0.731 bits per heavy atom. The smallest absolute Gasteiger partial charge is 0.462 e. The molecule has 0 radical (unpaired) electrons. The van der Waals surface area contributed by atoms with Crippen LogP contribution < -0.4 is 0 Å². The number of carbonyl (C=O) groups excluding carboxylic acids is 4. The second kappa shape index (κ2) is 67.3. The van der Waals surface area contributed by atoms with E-state index >= 15 is 0 Å². The van der Waals surface area contributed by atoms with Crippen LogP contribution in [0.1, 0.15) is 388 Å². The molecule has 0 spiro atoms. The molecule has 0 aromatic carbocycles. The summed E-state index contributed by atoms with van der Waals surface area (Å²) in [5.41, 5.74) is 0. The predicted molar refractivity (Wildman–Crippen MR) is 377 cm³/mol. The number of aliphatic hydroxyl groups excluding tert-OH is 1. The van der Waals surface area contributed by atoms with Gasteiger partial charge < -0.3 is 33.8 Å². The Morgan fingerprint density at radius 2 is 0.495 bits per heavy atom. The van der Waals surface area contributed by atoms with E-state index in [1.54, 1.807) is 0 Å². The fraction of sp³-hybridized carbons (Fsp3) is 0.946. The number of aliphatic hydroxyl groups is 1. The van der Waals surface area contributed by atoms with Crippen LogP contribution in [0.25, 0.3) is 0 Å². The van der Waals surface area contributed by atoms with E-state index in [1.165, 1.54) is 212 Å². The first kappa shape index (κ1) is 91.1. The third-order valence-electron chi connectivity index (χ3n) is 17.3. The quantitative estimate of drug-likeness (QED) is 0.0222. The van der Waals surface area contributed by atoms with Crippen molar-refractivity contribution in [3.8, 4) is 0 Å². The second-order valence-corrected chi connectivity index (χ2v) is 30.1. The second-order valence-electron chi connectivity index (χ2n) is 27.2. The lowest BCUT2D eigenvalue weighted by molar-refractivity contribution is -0.161. The summed E-state index contributed by atoms with van der Waals surface area (Å²) in [6, 6.07) is 0. The Bertz CT molecular complexity index is 1790. The van der Waals surface area contributed by atoms with Crippen molar-refractivity contribution in [3.05, 3.63) is 0 Å². The lowest BCUT2D eigenvalue weighted by Gasteiger charge is -2.21. The van der Waals surface area contributed by atoms with Gasteiger partial charge in [-0.2, -0.15) is 0 Å². The van der Waals surface area contributed by atoms with Crippen molar-refractivity contribution >= 4 is 39.5 Å². The van der Waals surface area contributed by atoms with Crippen LogP contribution in [0.4, 0.5) is 0 Å². The molecule has 0 amide bonds. The topological polar surface area (TPSA) is 237 Å². The molecule has 552 valence electrons. The minimum absolute atomic E-state index is 0.105. The van der Waals surface area contributed by atoms with Gasteiger partial charge in [-0.15, -0.1) is 0 Å². The molecule has 93 heavy (non-hydrogen) atoms. The molecule has 0 aliphatic rings. The number of phosphoric acid groups is 2. The number of carbonyl (C=O) groups is 4. The van der Waals surface area contributed by atoms with E-state index in [0.29, 0.717) is 25.7 Å². The molecular weight excluding hydrogens is 1220 g/mol. The fourth-order valence-electron chi connectivity index (χ4n) is 11.4. The Balaban J connectivity index is 5.19. The van der Waals surface area contributed by atoms with E-state index in [4.69, 9.17) is 37.0 Å². The number of ether oxygens (including phenoxy) is 4. The zero-order valence-corrected chi connectivity index (χ0v) is 62.2. The van der Waals surface area contributed by atoms with Crippen molar-refractivity contribution in [2.45, 2.75) is 406 Å². The van der Waals surface area contributed by atoms with Gasteiger partial charge in [-0.1, -0.05) is 336 Å². The number of hydrogen-bond donors (Lipinski definition) is 3. The molecule has 2 unspecified atom stereocenters. The first-order chi connectivity index (χ1) is 45.0. The van der Waals surface area contributed by atoms with Gasteiger partial charge in [0.25, 0.3) is 0 Å². The normalized spacial score (nSPS) is 14.0. The molecule has 0 saturated heterocycles. The Hall–Kier alpha value is -1.94. The van der Waals surface area contributed by atoms with Crippen LogP contribution in [0.2, 0.25) is 0 Å². The van der Waals surface area contributed by atoms with Crippen LogP contribution in [-0.2, 0) is 65.4 Å². The highest BCUT2D eigenvalue weighted by molar-refractivity contribution is 7.47. The maximum absolute atomic E-state index is 13.1. The first-order valence-electron chi connectivity index (χ1n) is 38.6. The van der Waals surface area contributed by atoms with Crippen LogP contribution in [0.15, 0.2) is 0 Å². The summed E-state index contributed by atoms with van der Waals surface area (Å²) in [7, 11) is -9.90. The lowest BCUT2D eigenvalue weighted by atomic mass is 10.0. The summed E-state index contributed by atoms with van der Waals surface area (Å²) < 4.78 is 68.4. The van der Waals surface area contributed by atoms with Gasteiger partial charge in [-0.3, -0.25) is 37.3 Å². The van der Waals surface area contributed by atoms with Gasteiger partial charge in [-0.25, -0.2) is 9.13 Å². The van der Waals surface area contributed by atoms with Gasteiger partial charge in [0.1, 0.15) is 19.3 Å². The minimum atomic E-state index is -4.95. The molecule has 0 aromatic heterocycles. The minimum Gasteiger partial charge on any atom is -0.462 e. The highest BCUT2D eigenvalue weighted by Gasteiger charge is 2.30. The molecule has 0 aliphatic heterocycles. The summed E-state index contributed by atoms with van der Waals surface area (Å²) in [6.45, 7) is 7.22. The van der Waals surface area contributed by atoms with Crippen LogP contribution in [0.3, 0.4) is 0 Å². The maximum atomic E-state index is 13.1. The highest BCUT2D eigenvalue weighted by atomic mass is 31.2. The first-order valence-corrected chi connectivity index (χ1v) is 41.6. The summed E-state index contributed by atoms with van der Waals surface area (Å²) in [4.78, 5) is 72.6. The largest absolute Gasteiger partial charge is 0.472 e. The van der Waals surface area contributed by atoms with Crippen molar-refractivity contribution in [2.24, 2.45) is 5.92 Å². The van der Waals surface area contributed by atoms with Crippen LogP contribution in [-0.4, -0.2) is 96.7 Å². The average molecular weight is 1370 g/mol. The van der Waals surface area contributed by atoms with Crippen LogP contribution in [0, 0.1) is 5.92 Å². The van der Waals surface area contributed by atoms with Gasteiger partial charge >= 0.3 is 39.5 Å². The summed E-state index contributed by atoms with van der Waals surface area (Å²) >= 11 is 0. The molecule has 0 saturated carbocycles. The number of unbranched alkanes of at least 4 members (excludes halogenated alkanes) is 46. The SMILES string of the molecule is CCCCCCCCCCCCCCCCCCCCCCC(=O)O[C@H](COC(=O)CCCCCCCCCCCCCCC)COP(=O)(O)OC[C@@H](O)COP(=O)(O)OC[C@@H](COC(=O)CCCCCCCCCCC)OC(=O)CCCCCCCCCCC(C)C. The molecule has 0 fully saturated rings. The van der Waals surface area contributed by atoms with E-state index in [1.807, 2.05) is 0 Å². The third-order valence-corrected chi connectivity index (χ3v) is 19.2. The van der Waals surface area contributed by atoms with Gasteiger partial charge in [0, 0.05) is 25.7 Å². The summed E-state index contributed by atoms with van der Waals surface area (Å²) in [5.74, 6) is -1.40. The zero-order valence-electron chi connectivity index (χ0n) is 60.4. The summed E-state index contributed by atoms with van der Waals surface area (Å²) in [5, 5.41) is 10.6. The van der Waals surface area contributed by atoms with Crippen molar-refractivity contribution in [1.82, 2.24) is 0 Å². The summed E-state index contributed by atoms with van der Waals surface area (Å²) in [6.07, 6.45) is 55.6. The van der Waals surface area contributed by atoms with Crippen molar-refractivity contribution in [1.29, 1.82) is 0 Å². The van der Waals surface area contributed by atoms with Crippen molar-refractivity contribution in [3.63, 3.8) is 0 Å². The molecular formula is C74H144O17P2. The molecule has 3 N–H and O–H groups in total. The molecule has 5 atom stereocenters. The third kappa shape index (κ3) is 68.4. The molecule has 0 aromatic rings. The van der Waals surface area contributed by atoms with Crippen LogP contribution >= 0.6 is 15.6 Å². The lowest BCUT2D eigenvalue weighted by Crippen LogP contribution is -2.30. The van der Waals surface area contributed by atoms with Crippen molar-refractivity contribution < 1.29 is 80.2 Å². The maximum Gasteiger partial charge on any atom is 0.472 e. The van der Waals surface area contributed by atoms with Crippen LogP contribution in [0.5, 0.6) is 0 Å². The molecule has 19 heteroatoms. The van der Waals surface area contributed by atoms with Gasteiger partial charge in [-0.05, 0) is 31.6 Å². The molecule has 0 heterocycles. The molecule has 0 bridgehead atoms. The number of esters is 4. The van der Waals surface area contributed by atoms with Crippen molar-refractivity contribution in [2.75, 3.05) is 39.6 Å². The van der Waals surface area contributed by atoms with E-state index in [-0.39, 0.29) is 25.7 Å². The number of rotatable bonds is 74. The molecule has 0 aliphatic carbocycles. The zero-order chi connectivity index (χ0) is 68.4. The van der Waals surface area contributed by atoms with E-state index in [9.17, 15) is 43.2 Å². The van der Waals surface area contributed by atoms with Gasteiger partial charge in [0.05, 0.1) is 26.4 Å². The monoisotopic (exact) mass is 1370 g/mol. The number of phosphoric ester groups is 2. The van der Waals surface area contributed by atoms with Gasteiger partial charge in [0.15, 0.2) is 12.2 Å². The number of hydrogen-bond acceptors (Lipinski definition) is 15. The average Bonchev–Trinajstić information content (AvgIpc) is 1.81. The Labute approximate surface area is 568 Å². The Morgan fingerprint density at radius 1 is 0.290 bits per heavy atom. The molecule has 0 rings (SSSR count). The standard InChI is InChI=1S/C74H144O17P2/c1-6-9-12-15-18-21-23-25-26-27-28-29-30-31-33-35-38-44-49-54-59-73(78)90-69(64-85-72(77)58-53-48-43-37-34-32-24-22-19-16-13-10-7-2)65-88-92(80,81)86-61-68(75)62-87-93(82,83)89-66-70(63-84-71(76)57-52-47-42-36-20-17-14-11-8-3)91-74(79)60-55-50-45-40-39-41-46-51-56-67(4)5/h67-70,75H,6-66H2,1-5H3,(H,80,81)(H,82,83)/t68-,69-,70-/m1/s1. The fourth-order valence-corrected chi connectivity index (χ4v) is 12.9. The van der Waals surface area contributed by atoms with E-state index in [2.05, 4.69) is 34.6 Å². The molecule has 17 nitrogen and oxygen atoms in total. The van der Waals surface area contributed by atoms with E-state index < -0.39 is 97.5 Å².